The van der Waals surface area contributed by atoms with Gasteiger partial charge in [0.05, 0.1) is 18.6 Å². The Morgan fingerprint density at radius 3 is 2.47 bits per heavy atom. The van der Waals surface area contributed by atoms with E-state index in [1.807, 2.05) is 26.0 Å². The van der Waals surface area contributed by atoms with Gasteiger partial charge in [-0.2, -0.15) is 0 Å². The van der Waals surface area contributed by atoms with Crippen molar-refractivity contribution in [1.82, 2.24) is 4.90 Å². The van der Waals surface area contributed by atoms with Gasteiger partial charge in [0.25, 0.3) is 11.1 Å². The second-order valence-electron chi connectivity index (χ2n) is 6.50. The van der Waals surface area contributed by atoms with Crippen LogP contribution in [0.4, 0.5) is 10.5 Å². The molecule has 7 nitrogen and oxygen atoms in total. The number of carbonyl (C=O) groups excluding carboxylic acids is 3. The van der Waals surface area contributed by atoms with Gasteiger partial charge in [-0.05, 0) is 79.2 Å². The Kier molecular flexibility index (Phi) is 6.79. The highest BCUT2D eigenvalue weighted by Gasteiger charge is 2.36. The van der Waals surface area contributed by atoms with Crippen molar-refractivity contribution in [3.63, 3.8) is 0 Å². The van der Waals surface area contributed by atoms with Crippen molar-refractivity contribution in [2.45, 2.75) is 13.8 Å². The van der Waals surface area contributed by atoms with Crippen LogP contribution in [0.3, 0.4) is 0 Å². The van der Waals surface area contributed by atoms with E-state index in [0.717, 1.165) is 27.8 Å². The molecule has 2 aromatic rings. The third-order valence-corrected chi connectivity index (χ3v) is 5.30. The lowest BCUT2D eigenvalue weighted by molar-refractivity contribution is -0.127. The summed E-state index contributed by atoms with van der Waals surface area (Å²) in [6.45, 7) is 3.98. The number of imide groups is 1. The molecule has 0 unspecified atom stereocenters. The number of anilines is 1. The second-order valence-corrected chi connectivity index (χ2v) is 7.49. The number of nitrogens with zero attached hydrogens (tertiary/aromatic N) is 1. The van der Waals surface area contributed by atoms with Crippen LogP contribution in [0, 0.1) is 6.92 Å². The number of methoxy groups -OCH3 is 1. The molecule has 0 spiro atoms. The van der Waals surface area contributed by atoms with Crippen LogP contribution in [0.5, 0.6) is 11.5 Å². The van der Waals surface area contributed by atoms with Gasteiger partial charge in [-0.3, -0.25) is 19.3 Å². The molecule has 0 saturated carbocycles. The Hall–Kier alpha value is -3.26. The zero-order chi connectivity index (χ0) is 21.7. The number of aryl methyl sites for hydroxylation is 1. The number of hydrogen-bond acceptors (Lipinski definition) is 6. The predicted molar refractivity (Wildman–Crippen MR) is 117 cm³/mol. The molecule has 3 rings (SSSR count). The van der Waals surface area contributed by atoms with Gasteiger partial charge in [0.2, 0.25) is 5.91 Å². The first kappa shape index (κ1) is 21.4. The SMILES string of the molecule is CCOc1ccc(NC(=O)CN2C(=O)S/C(=C/c3ccc(OC)cc3C)C2=O)cc1. The van der Waals surface area contributed by atoms with Crippen molar-refractivity contribution in [2.24, 2.45) is 0 Å². The molecule has 0 aliphatic carbocycles. The van der Waals surface area contributed by atoms with Crippen molar-refractivity contribution >= 4 is 40.6 Å². The minimum Gasteiger partial charge on any atom is -0.497 e. The Bertz CT molecular complexity index is 1000. The van der Waals surface area contributed by atoms with Gasteiger partial charge in [0, 0.05) is 5.69 Å². The van der Waals surface area contributed by atoms with Crippen molar-refractivity contribution in [2.75, 3.05) is 25.6 Å². The van der Waals surface area contributed by atoms with Crippen LogP contribution in [-0.4, -0.2) is 42.2 Å². The Morgan fingerprint density at radius 1 is 1.13 bits per heavy atom. The van der Waals surface area contributed by atoms with E-state index in [-0.39, 0.29) is 11.4 Å². The number of thioether (sulfide) groups is 1. The molecule has 30 heavy (non-hydrogen) atoms. The smallest absolute Gasteiger partial charge is 0.294 e. The summed E-state index contributed by atoms with van der Waals surface area (Å²) in [6.07, 6.45) is 1.66. The third kappa shape index (κ3) is 5.01. The molecule has 1 saturated heterocycles. The van der Waals surface area contributed by atoms with E-state index < -0.39 is 17.1 Å². The summed E-state index contributed by atoms with van der Waals surface area (Å²) in [5.41, 5.74) is 2.27. The molecular weight excluding hydrogens is 404 g/mol. The fourth-order valence-corrected chi connectivity index (χ4v) is 3.69. The predicted octanol–water partition coefficient (Wildman–Crippen LogP) is 4.08. The van der Waals surface area contributed by atoms with Crippen molar-refractivity contribution in [3.8, 4) is 11.5 Å². The Morgan fingerprint density at radius 2 is 1.83 bits per heavy atom. The molecule has 0 atom stereocenters. The van der Waals surface area contributed by atoms with Gasteiger partial charge in [0.1, 0.15) is 18.0 Å². The van der Waals surface area contributed by atoms with Crippen molar-refractivity contribution in [3.05, 3.63) is 58.5 Å². The minimum absolute atomic E-state index is 0.280. The number of hydrogen-bond donors (Lipinski definition) is 1. The van der Waals surface area contributed by atoms with E-state index in [4.69, 9.17) is 9.47 Å². The maximum atomic E-state index is 12.7. The van der Waals surface area contributed by atoms with E-state index in [2.05, 4.69) is 5.32 Å². The molecule has 1 aliphatic rings. The maximum absolute atomic E-state index is 12.7. The number of benzene rings is 2. The van der Waals surface area contributed by atoms with Crippen LogP contribution in [0.2, 0.25) is 0 Å². The lowest BCUT2D eigenvalue weighted by Gasteiger charge is -2.13. The number of amides is 3. The van der Waals surface area contributed by atoms with E-state index in [1.165, 1.54) is 0 Å². The van der Waals surface area contributed by atoms with Crippen LogP contribution in [0.15, 0.2) is 47.4 Å². The monoisotopic (exact) mass is 426 g/mol. The van der Waals surface area contributed by atoms with E-state index in [0.29, 0.717) is 23.8 Å². The molecule has 0 radical (unpaired) electrons. The van der Waals surface area contributed by atoms with E-state index >= 15 is 0 Å². The van der Waals surface area contributed by atoms with Gasteiger partial charge in [-0.25, -0.2) is 0 Å². The van der Waals surface area contributed by atoms with Gasteiger partial charge in [0.15, 0.2) is 0 Å². The third-order valence-electron chi connectivity index (χ3n) is 4.39. The quantitative estimate of drug-likeness (QED) is 0.672. The lowest BCUT2D eigenvalue weighted by atomic mass is 10.1. The Balaban J connectivity index is 1.66. The summed E-state index contributed by atoms with van der Waals surface area (Å²) in [7, 11) is 1.58. The van der Waals surface area contributed by atoms with Gasteiger partial charge >= 0.3 is 0 Å². The summed E-state index contributed by atoms with van der Waals surface area (Å²) >= 11 is 0.822. The molecule has 1 aliphatic heterocycles. The molecule has 0 bridgehead atoms. The van der Waals surface area contributed by atoms with Gasteiger partial charge < -0.3 is 14.8 Å². The molecule has 2 aromatic carbocycles. The molecule has 156 valence electrons. The average molecular weight is 426 g/mol. The number of rotatable bonds is 7. The van der Waals surface area contributed by atoms with Crippen LogP contribution in [0.25, 0.3) is 6.08 Å². The second kappa shape index (κ2) is 9.49. The van der Waals surface area contributed by atoms with Crippen molar-refractivity contribution < 1.29 is 23.9 Å². The summed E-state index contributed by atoms with van der Waals surface area (Å²) in [6, 6.07) is 12.3. The molecule has 1 N–H and O–H groups in total. The van der Waals surface area contributed by atoms with Crippen LogP contribution < -0.4 is 14.8 Å². The highest BCUT2D eigenvalue weighted by molar-refractivity contribution is 8.18. The lowest BCUT2D eigenvalue weighted by Crippen LogP contribution is -2.36. The van der Waals surface area contributed by atoms with Crippen LogP contribution in [0.1, 0.15) is 18.1 Å². The largest absolute Gasteiger partial charge is 0.497 e. The van der Waals surface area contributed by atoms with E-state index in [9.17, 15) is 14.4 Å². The Labute approximate surface area is 179 Å². The zero-order valence-corrected chi connectivity index (χ0v) is 17.7. The highest BCUT2D eigenvalue weighted by atomic mass is 32.2. The van der Waals surface area contributed by atoms with Crippen molar-refractivity contribution in [1.29, 1.82) is 0 Å². The van der Waals surface area contributed by atoms with Gasteiger partial charge in [-0.1, -0.05) is 6.07 Å². The summed E-state index contributed by atoms with van der Waals surface area (Å²) < 4.78 is 10.5. The molecule has 3 amide bonds. The summed E-state index contributed by atoms with van der Waals surface area (Å²) in [5, 5.41) is 2.21. The molecule has 8 heteroatoms. The minimum atomic E-state index is -0.484. The molecule has 1 fully saturated rings. The normalized spacial score (nSPS) is 14.9. The van der Waals surface area contributed by atoms with Crippen LogP contribution >= 0.6 is 11.8 Å². The molecule has 1 heterocycles. The molecule has 0 aromatic heterocycles. The number of ether oxygens (including phenoxy) is 2. The standard InChI is InChI=1S/C22H22N2O5S/c1-4-29-17-9-6-16(7-10-17)23-20(25)13-24-21(26)19(30-22(24)27)12-15-5-8-18(28-3)11-14(15)2/h5-12H,4,13H2,1-3H3,(H,23,25)/b19-12+. The summed E-state index contributed by atoms with van der Waals surface area (Å²) in [4.78, 5) is 38.5. The number of carbonyl (C=O) groups is 3. The summed E-state index contributed by atoms with van der Waals surface area (Å²) in [5.74, 6) is 0.467. The first-order valence-electron chi connectivity index (χ1n) is 9.34. The zero-order valence-electron chi connectivity index (χ0n) is 16.9. The first-order valence-corrected chi connectivity index (χ1v) is 10.2. The maximum Gasteiger partial charge on any atom is 0.294 e. The topological polar surface area (TPSA) is 84.9 Å². The van der Waals surface area contributed by atoms with E-state index in [1.54, 1.807) is 43.5 Å². The average Bonchev–Trinajstić information content (AvgIpc) is 2.98. The number of nitrogens with one attached hydrogen (secondary N) is 1. The highest BCUT2D eigenvalue weighted by Crippen LogP contribution is 2.33. The van der Waals surface area contributed by atoms with Crippen LogP contribution in [-0.2, 0) is 9.59 Å². The fraction of sp³-hybridized carbons (Fsp3) is 0.227. The van der Waals surface area contributed by atoms with Gasteiger partial charge in [-0.15, -0.1) is 0 Å². The molecular formula is C22H22N2O5S. The first-order chi connectivity index (χ1) is 14.4. The fourth-order valence-electron chi connectivity index (χ4n) is 2.86.